The Morgan fingerprint density at radius 3 is 0.882 bits per heavy atom. The van der Waals surface area contributed by atoms with Gasteiger partial charge < -0.3 is 98.1 Å². The van der Waals surface area contributed by atoms with Crippen LogP contribution in [-0.4, -0.2) is 215 Å². The van der Waals surface area contributed by atoms with Crippen molar-refractivity contribution in [2.75, 3.05) is 60.5 Å². The standard InChI is InChI=1S/C28H42O8.C27H40O7.C27H40O6.C26H38O7/c1-3-4-5-8-21(36-28(32)18-34-13-12-33-2)10-11-22-23-14-19-7-6-9-26(35-17-27(30)31)24(19)15-20(23)16-25(22)29;1-4-5-6-9-20(34-27(31)17(2)32-3)11-12-21-22-13-18-8-7-10-25(33-16-26(29)30)23(18)14-19(22)15-24(21)28;1-4-5-6-9-20(33-27(31)17(2)3)11-12-21-22-13-18-8-7-10-25(32-16-26(29)30)23(18)14-19(22)15-24(21)28;1-3-4-5-8-19(33-26(31)16(2)27)10-11-20-21-12-17-7-6-9-24(32-15-25(29)30)22(17)13-18(21)14-23(20)28/h6-7,9,20-23,25,29H,3-5,8,10-18H2,1-2H3,(H,30,31);7-8,10,17,19-22,24,28H,4-6,9,11-16H2,1-3H3,(H,29,30);7-8,10,17,19-22,24,28H,4-6,9,11-16H2,1-3H3,(H,29,30);6-7,9,16,18-21,23,27-28H,3-5,8,10-15H2,1-2H3,(H,29,30)/t20-,21-,22+,23-,25+;17-,19+,20+,21-,22+,24-;19-,20-,21+,22-,24+;16-,18+,19+,20-,21+,23-/m0101/s1. The number of carbonyl (C=O) groups excluding carboxylic acids is 4. The van der Waals surface area contributed by atoms with Crippen LogP contribution in [0.1, 0.15) is 280 Å². The number of aliphatic carboxylic acids is 4. The number of hydrogen-bond donors (Lipinski definition) is 9. The Labute approximate surface area is 805 Å². The van der Waals surface area contributed by atoms with Crippen LogP contribution >= 0.6 is 0 Å². The van der Waals surface area contributed by atoms with Gasteiger partial charge in [0.2, 0.25) is 0 Å². The van der Waals surface area contributed by atoms with Crippen molar-refractivity contribution < 1.29 is 136 Å². The quantitative estimate of drug-likeness (QED) is 0.0113. The highest BCUT2D eigenvalue weighted by molar-refractivity contribution is 5.75. The first-order valence-electron chi connectivity index (χ1n) is 51.0. The number of carboxylic acids is 4. The monoisotopic (exact) mass is 1910 g/mol. The minimum atomic E-state index is -1.13. The summed E-state index contributed by atoms with van der Waals surface area (Å²) in [4.78, 5) is 92.6. The van der Waals surface area contributed by atoms with Crippen molar-refractivity contribution >= 4 is 47.8 Å². The van der Waals surface area contributed by atoms with E-state index in [1.807, 2.05) is 62.4 Å². The number of unbranched alkanes of at least 4 members (excludes halogenated alkanes) is 8. The lowest BCUT2D eigenvalue weighted by Crippen LogP contribution is -2.30. The number of aliphatic hydroxyl groups is 5. The van der Waals surface area contributed by atoms with Crippen molar-refractivity contribution in [1.29, 1.82) is 0 Å². The van der Waals surface area contributed by atoms with E-state index in [4.69, 9.17) is 72.5 Å². The third kappa shape index (κ3) is 33.9. The number of carboxylic acid groups (broad SMARTS) is 4. The number of esters is 4. The van der Waals surface area contributed by atoms with Gasteiger partial charge in [0.25, 0.3) is 0 Å². The molecule has 4 saturated carbocycles. The summed E-state index contributed by atoms with van der Waals surface area (Å²) in [5.41, 5.74) is 9.04. The molecule has 760 valence electrons. The summed E-state index contributed by atoms with van der Waals surface area (Å²) in [6.45, 7) is 14.8. The number of hydrogen-bond acceptors (Lipinski definition) is 24. The predicted octanol–water partition coefficient (Wildman–Crippen LogP) is 16.3. The fourth-order valence-electron chi connectivity index (χ4n) is 22.8. The molecule has 0 aliphatic heterocycles. The first-order chi connectivity index (χ1) is 65.3. The Bertz CT molecular complexity index is 4220. The molecule has 0 radical (unpaired) electrons. The molecule has 9 N–H and O–H groups in total. The summed E-state index contributed by atoms with van der Waals surface area (Å²) >= 11 is 0. The average Bonchev–Trinajstić information content (AvgIpc) is 1.63. The molecule has 8 aliphatic carbocycles. The fraction of sp³-hybridized carbons (Fsp3) is 0.704. The van der Waals surface area contributed by atoms with Crippen molar-refractivity contribution in [3.05, 3.63) is 117 Å². The number of fused-ring (bicyclic) bond motifs is 8. The summed E-state index contributed by atoms with van der Waals surface area (Å²) in [7, 11) is 3.09. The minimum Gasteiger partial charge on any atom is -0.482 e. The highest BCUT2D eigenvalue weighted by Crippen LogP contribution is 2.54. The molecule has 22 atom stereocenters. The molecule has 4 aromatic carbocycles. The van der Waals surface area contributed by atoms with E-state index >= 15 is 0 Å². The van der Waals surface area contributed by atoms with Gasteiger partial charge >= 0.3 is 47.8 Å². The van der Waals surface area contributed by atoms with Crippen LogP contribution in [-0.2, 0) is 123 Å². The fourth-order valence-corrected chi connectivity index (χ4v) is 22.8. The Balaban J connectivity index is 0.000000203. The Morgan fingerprint density at radius 2 is 0.625 bits per heavy atom. The molecule has 0 heterocycles. The molecule has 8 aliphatic rings. The van der Waals surface area contributed by atoms with Crippen LogP contribution in [0.4, 0.5) is 0 Å². The Hall–Kier alpha value is -8.48. The topological polar surface area (TPSA) is 420 Å². The lowest BCUT2D eigenvalue weighted by atomic mass is 9.73. The van der Waals surface area contributed by atoms with Gasteiger partial charge in [-0.3, -0.25) is 4.79 Å². The van der Waals surface area contributed by atoms with Gasteiger partial charge in [0.05, 0.1) is 43.5 Å². The molecule has 28 nitrogen and oxygen atoms in total. The molecule has 28 heteroatoms. The van der Waals surface area contributed by atoms with E-state index in [2.05, 4.69) is 52.0 Å². The molecule has 0 aromatic heterocycles. The molecule has 0 bridgehead atoms. The van der Waals surface area contributed by atoms with E-state index in [-0.39, 0.29) is 123 Å². The van der Waals surface area contributed by atoms with Crippen LogP contribution in [0.15, 0.2) is 72.8 Å². The SMILES string of the molecule is CCCCC[C@@H](CC[C@@H]1[C@H]2Cc3cccc(OCC(=O)O)c3C[C@H]2C[C@H]1O)OC(=O)C(C)C.CCCCC[C@@H](CC[C@@H]1[C@H]2Cc3cccc(OCC(=O)O)c3C[C@H]2C[C@H]1O)OC(=O)COCCOC.CCCCC[C@@H](CC[C@@H]1[C@H]2Cc3cccc(OCC(=O)O)c3C[C@H]2C[C@H]1O)OC(=O)[C@@H](C)O.CCCCC[C@@H](CC[C@@H]1[C@H]2Cc3cccc(OCC(=O)O)c3C[C@H]2C[C@H]1O)OC(=O)[C@@H](C)OC. The largest absolute Gasteiger partial charge is 0.482 e. The van der Waals surface area contributed by atoms with Crippen LogP contribution in [0.5, 0.6) is 23.0 Å². The molecule has 12 rings (SSSR count). The van der Waals surface area contributed by atoms with E-state index in [1.54, 1.807) is 14.0 Å². The second-order valence-corrected chi connectivity index (χ2v) is 39.8. The Morgan fingerprint density at radius 1 is 0.346 bits per heavy atom. The van der Waals surface area contributed by atoms with Gasteiger partial charge in [-0.1, -0.05) is 141 Å². The van der Waals surface area contributed by atoms with E-state index in [9.17, 15) is 63.9 Å². The zero-order valence-corrected chi connectivity index (χ0v) is 82.4. The summed E-state index contributed by atoms with van der Waals surface area (Å²) in [5, 5.41) is 89.1. The van der Waals surface area contributed by atoms with Crippen LogP contribution in [0.3, 0.4) is 0 Å². The second-order valence-electron chi connectivity index (χ2n) is 39.8. The van der Waals surface area contributed by atoms with Crippen molar-refractivity contribution in [2.24, 2.45) is 76.9 Å². The summed E-state index contributed by atoms with van der Waals surface area (Å²) < 4.78 is 60.5. The van der Waals surface area contributed by atoms with Gasteiger partial charge in [-0.25, -0.2) is 33.6 Å². The third-order valence-corrected chi connectivity index (χ3v) is 29.9. The van der Waals surface area contributed by atoms with E-state index < -0.39 is 48.2 Å². The minimum absolute atomic E-state index is 0.0759. The number of rotatable bonds is 53. The van der Waals surface area contributed by atoms with E-state index in [0.29, 0.717) is 90.0 Å². The van der Waals surface area contributed by atoms with Crippen LogP contribution in [0.2, 0.25) is 0 Å². The number of benzene rings is 4. The average molecular weight is 1910 g/mol. The van der Waals surface area contributed by atoms with Crippen LogP contribution in [0, 0.1) is 76.9 Å². The van der Waals surface area contributed by atoms with E-state index in [1.165, 1.54) is 36.3 Å². The molecule has 0 saturated heterocycles. The predicted molar refractivity (Wildman–Crippen MR) is 511 cm³/mol. The molecule has 4 aromatic rings. The van der Waals surface area contributed by atoms with Crippen molar-refractivity contribution in [3.8, 4) is 23.0 Å². The summed E-state index contributed by atoms with van der Waals surface area (Å²) in [6.07, 6.45) is 28.0. The maximum atomic E-state index is 12.3. The maximum Gasteiger partial charge on any atom is 0.341 e. The zero-order valence-electron chi connectivity index (χ0n) is 82.4. The lowest BCUT2D eigenvalue weighted by molar-refractivity contribution is -0.161. The number of ether oxygens (including phenoxy) is 11. The molecular weight excluding hydrogens is 1750 g/mol. The number of carbonyl (C=O) groups is 8. The highest BCUT2D eigenvalue weighted by Gasteiger charge is 2.50. The van der Waals surface area contributed by atoms with Crippen molar-refractivity contribution in [1.82, 2.24) is 0 Å². The molecular formula is C108H160O28. The van der Waals surface area contributed by atoms with Gasteiger partial charge in [0.1, 0.15) is 60.1 Å². The van der Waals surface area contributed by atoms with Crippen molar-refractivity contribution in [3.63, 3.8) is 0 Å². The first-order valence-corrected chi connectivity index (χ1v) is 51.0. The van der Waals surface area contributed by atoms with E-state index in [0.717, 1.165) is 247 Å². The summed E-state index contributed by atoms with van der Waals surface area (Å²) in [5.74, 6) is 0.534. The normalized spacial score (nSPS) is 24.7. The lowest BCUT2D eigenvalue weighted by Gasteiger charge is -2.33. The van der Waals surface area contributed by atoms with Crippen molar-refractivity contribution in [2.45, 2.75) is 348 Å². The highest BCUT2D eigenvalue weighted by atomic mass is 16.6. The smallest absolute Gasteiger partial charge is 0.341 e. The number of aliphatic hydroxyl groups excluding tert-OH is 5. The summed E-state index contributed by atoms with van der Waals surface area (Å²) in [6, 6.07) is 23.3. The van der Waals surface area contributed by atoms with Gasteiger partial charge in [-0.05, 0) is 333 Å². The van der Waals surface area contributed by atoms with Crippen LogP contribution in [0.25, 0.3) is 0 Å². The molecule has 0 spiro atoms. The number of methoxy groups -OCH3 is 2. The maximum absolute atomic E-state index is 12.3. The van der Waals surface area contributed by atoms with Gasteiger partial charge in [-0.2, -0.15) is 0 Å². The van der Waals surface area contributed by atoms with Crippen LogP contribution < -0.4 is 18.9 Å². The molecule has 0 unspecified atom stereocenters. The molecule has 136 heavy (non-hydrogen) atoms. The molecule has 0 amide bonds. The third-order valence-electron chi connectivity index (χ3n) is 29.9. The second kappa shape index (κ2) is 57.3. The molecule has 4 fully saturated rings. The van der Waals surface area contributed by atoms with Gasteiger partial charge in [0, 0.05) is 14.2 Å². The van der Waals surface area contributed by atoms with Gasteiger partial charge in [0.15, 0.2) is 32.5 Å². The Kier molecular flexibility index (Phi) is 46.8. The first kappa shape index (κ1) is 111. The zero-order chi connectivity index (χ0) is 98.5. The van der Waals surface area contributed by atoms with Gasteiger partial charge in [-0.15, -0.1) is 0 Å².